The summed E-state index contributed by atoms with van der Waals surface area (Å²) in [6.45, 7) is 2.79. The molecule has 25 heavy (non-hydrogen) atoms. The molecule has 0 bridgehead atoms. The molecule has 3 fully saturated rings. The predicted octanol–water partition coefficient (Wildman–Crippen LogP) is 2.50. The van der Waals surface area contributed by atoms with E-state index < -0.39 is 0 Å². The van der Waals surface area contributed by atoms with Crippen LogP contribution in [0.2, 0.25) is 0 Å². The Labute approximate surface area is 153 Å². The Balaban J connectivity index is 1.26. The molecule has 0 unspecified atom stereocenters. The van der Waals surface area contributed by atoms with Crippen LogP contribution in [0.4, 0.5) is 0 Å². The van der Waals surface area contributed by atoms with Gasteiger partial charge >= 0.3 is 0 Å². The lowest BCUT2D eigenvalue weighted by atomic mass is 9.83. The molecule has 6 heteroatoms. The van der Waals surface area contributed by atoms with Gasteiger partial charge in [0.05, 0.1) is 25.8 Å². The van der Waals surface area contributed by atoms with Gasteiger partial charge in [0.15, 0.2) is 0 Å². The highest BCUT2D eigenvalue weighted by molar-refractivity contribution is 7.99. The number of likely N-dealkylation sites (tertiary alicyclic amines) is 1. The zero-order chi connectivity index (χ0) is 17.1. The molecule has 0 radical (unpaired) electrons. The molecule has 5 nitrogen and oxygen atoms in total. The maximum atomic E-state index is 12.6. The van der Waals surface area contributed by atoms with Crippen molar-refractivity contribution in [2.75, 3.05) is 31.2 Å². The minimum Gasteiger partial charge on any atom is -0.373 e. The summed E-state index contributed by atoms with van der Waals surface area (Å²) in [6, 6.07) is 3.97. The number of pyridine rings is 1. The van der Waals surface area contributed by atoms with Gasteiger partial charge in [-0.1, -0.05) is 6.07 Å². The first kappa shape index (κ1) is 17.3. The van der Waals surface area contributed by atoms with Crippen molar-refractivity contribution in [3.63, 3.8) is 0 Å². The van der Waals surface area contributed by atoms with Gasteiger partial charge in [0.1, 0.15) is 5.60 Å². The second kappa shape index (κ2) is 7.64. The van der Waals surface area contributed by atoms with Crippen molar-refractivity contribution in [3.8, 4) is 0 Å². The fourth-order valence-corrected chi connectivity index (χ4v) is 5.16. The van der Waals surface area contributed by atoms with Gasteiger partial charge < -0.3 is 14.4 Å². The number of thioether (sulfide) groups is 1. The number of ether oxygens (including phenoxy) is 2. The molecular weight excluding hydrogens is 336 g/mol. The lowest BCUT2D eigenvalue weighted by Crippen LogP contribution is -2.68. The lowest BCUT2D eigenvalue weighted by Gasteiger charge is -2.53. The smallest absolute Gasteiger partial charge is 0.225 e. The summed E-state index contributed by atoms with van der Waals surface area (Å²) in [7, 11) is 0. The zero-order valence-corrected chi connectivity index (χ0v) is 15.4. The normalized spacial score (nSPS) is 26.4. The largest absolute Gasteiger partial charge is 0.373 e. The van der Waals surface area contributed by atoms with Crippen molar-refractivity contribution in [3.05, 3.63) is 30.1 Å². The van der Waals surface area contributed by atoms with Gasteiger partial charge in [0, 0.05) is 31.3 Å². The molecular formula is C19H26N2O3S. The van der Waals surface area contributed by atoms with Gasteiger partial charge in [-0.05, 0) is 42.4 Å². The maximum Gasteiger partial charge on any atom is 0.225 e. The maximum absolute atomic E-state index is 12.6. The number of hydrogen-bond acceptors (Lipinski definition) is 5. The topological polar surface area (TPSA) is 51.7 Å². The van der Waals surface area contributed by atoms with E-state index in [0.717, 1.165) is 62.4 Å². The number of hydrogen-bond donors (Lipinski definition) is 0. The quantitative estimate of drug-likeness (QED) is 0.824. The molecule has 1 amide bonds. The number of amides is 1. The van der Waals surface area contributed by atoms with E-state index in [1.165, 1.54) is 0 Å². The van der Waals surface area contributed by atoms with E-state index in [2.05, 4.69) is 4.98 Å². The second-order valence-electron chi connectivity index (χ2n) is 7.40. The van der Waals surface area contributed by atoms with Crippen LogP contribution in [-0.2, 0) is 20.9 Å². The standard InChI is InChI=1S/C19H26N2O3S/c22-18(16-4-8-25-9-5-16)21-13-19(14-21)10-17(3-7-24-19)23-12-15-2-1-6-20-11-15/h1-2,6,11,16-17H,3-5,7-10,12-14H2/t17-/m1/s1. The van der Waals surface area contributed by atoms with Gasteiger partial charge in [-0.15, -0.1) is 0 Å². The van der Waals surface area contributed by atoms with Gasteiger partial charge in [-0.25, -0.2) is 0 Å². The Morgan fingerprint density at radius 3 is 2.96 bits per heavy atom. The molecule has 1 spiro atoms. The van der Waals surface area contributed by atoms with E-state index in [1.807, 2.05) is 35.0 Å². The number of nitrogens with zero attached hydrogens (tertiary/aromatic N) is 2. The van der Waals surface area contributed by atoms with Crippen molar-refractivity contribution < 1.29 is 14.3 Å². The number of aromatic nitrogens is 1. The summed E-state index contributed by atoms with van der Waals surface area (Å²) in [4.78, 5) is 18.8. The molecule has 0 aromatic carbocycles. The molecule has 4 rings (SSSR count). The molecule has 1 atom stereocenters. The monoisotopic (exact) mass is 362 g/mol. The third kappa shape index (κ3) is 4.01. The Morgan fingerprint density at radius 2 is 2.20 bits per heavy atom. The Hall–Kier alpha value is -1.11. The Kier molecular flexibility index (Phi) is 5.29. The molecule has 1 aromatic heterocycles. The number of carbonyl (C=O) groups excluding carboxylic acids is 1. The van der Waals surface area contributed by atoms with Crippen LogP contribution in [0.15, 0.2) is 24.5 Å². The summed E-state index contributed by atoms with van der Waals surface area (Å²) < 4.78 is 12.1. The molecule has 3 aliphatic rings. The number of carbonyl (C=O) groups is 1. The van der Waals surface area contributed by atoms with Gasteiger partial charge in [0.25, 0.3) is 0 Å². The van der Waals surface area contributed by atoms with Crippen LogP contribution in [0.3, 0.4) is 0 Å². The summed E-state index contributed by atoms with van der Waals surface area (Å²) >= 11 is 1.96. The van der Waals surface area contributed by atoms with Crippen LogP contribution < -0.4 is 0 Å². The van der Waals surface area contributed by atoms with Gasteiger partial charge in [-0.3, -0.25) is 9.78 Å². The second-order valence-corrected chi connectivity index (χ2v) is 8.62. The third-order valence-electron chi connectivity index (χ3n) is 5.50. The van der Waals surface area contributed by atoms with Gasteiger partial charge in [-0.2, -0.15) is 11.8 Å². The summed E-state index contributed by atoms with van der Waals surface area (Å²) in [5, 5.41) is 0. The zero-order valence-electron chi connectivity index (χ0n) is 14.6. The minimum absolute atomic E-state index is 0.170. The van der Waals surface area contributed by atoms with Crippen molar-refractivity contribution in [2.45, 2.75) is 44.0 Å². The molecule has 3 saturated heterocycles. The van der Waals surface area contributed by atoms with E-state index in [4.69, 9.17) is 9.47 Å². The van der Waals surface area contributed by atoms with Crippen LogP contribution in [0.1, 0.15) is 31.2 Å². The summed E-state index contributed by atoms with van der Waals surface area (Å²) in [6.07, 6.45) is 7.71. The summed E-state index contributed by atoms with van der Waals surface area (Å²) in [5.74, 6) is 2.82. The molecule has 0 saturated carbocycles. The minimum atomic E-state index is -0.170. The molecule has 3 aliphatic heterocycles. The predicted molar refractivity (Wildman–Crippen MR) is 97.4 cm³/mol. The average Bonchev–Trinajstić information content (AvgIpc) is 2.65. The molecule has 136 valence electrons. The van der Waals surface area contributed by atoms with E-state index in [-0.39, 0.29) is 17.6 Å². The van der Waals surface area contributed by atoms with E-state index in [1.54, 1.807) is 6.20 Å². The summed E-state index contributed by atoms with van der Waals surface area (Å²) in [5.41, 5.74) is 0.931. The van der Waals surface area contributed by atoms with Crippen molar-refractivity contribution in [2.24, 2.45) is 5.92 Å². The first-order chi connectivity index (χ1) is 12.2. The Morgan fingerprint density at radius 1 is 1.36 bits per heavy atom. The van der Waals surface area contributed by atoms with E-state index in [9.17, 15) is 4.79 Å². The molecule has 1 aromatic rings. The number of rotatable bonds is 4. The fourth-order valence-electron chi connectivity index (χ4n) is 4.05. The molecule has 0 aliphatic carbocycles. The van der Waals surface area contributed by atoms with Crippen LogP contribution in [0, 0.1) is 5.92 Å². The van der Waals surface area contributed by atoms with Crippen LogP contribution in [-0.4, -0.2) is 58.7 Å². The van der Waals surface area contributed by atoms with Crippen molar-refractivity contribution in [1.82, 2.24) is 9.88 Å². The average molecular weight is 362 g/mol. The highest BCUT2D eigenvalue weighted by atomic mass is 32.2. The third-order valence-corrected chi connectivity index (χ3v) is 6.55. The lowest BCUT2D eigenvalue weighted by molar-refractivity contribution is -0.204. The first-order valence-electron chi connectivity index (χ1n) is 9.25. The molecule has 0 N–H and O–H groups in total. The SMILES string of the molecule is O=C(C1CCSCC1)N1CC2(C[C@H](OCc3cccnc3)CCO2)C1. The van der Waals surface area contributed by atoms with E-state index in [0.29, 0.717) is 12.5 Å². The highest BCUT2D eigenvalue weighted by Gasteiger charge is 2.50. The highest BCUT2D eigenvalue weighted by Crippen LogP contribution is 2.37. The molecule has 4 heterocycles. The van der Waals surface area contributed by atoms with Crippen LogP contribution >= 0.6 is 11.8 Å². The fraction of sp³-hybridized carbons (Fsp3) is 0.684. The van der Waals surface area contributed by atoms with Gasteiger partial charge in [0.2, 0.25) is 5.91 Å². The van der Waals surface area contributed by atoms with Crippen molar-refractivity contribution >= 4 is 17.7 Å². The van der Waals surface area contributed by atoms with Crippen molar-refractivity contribution in [1.29, 1.82) is 0 Å². The van der Waals surface area contributed by atoms with E-state index >= 15 is 0 Å². The first-order valence-corrected chi connectivity index (χ1v) is 10.4. The van der Waals surface area contributed by atoms with Crippen LogP contribution in [0.5, 0.6) is 0 Å². The Bertz CT molecular complexity index is 586. The van der Waals surface area contributed by atoms with Crippen LogP contribution in [0.25, 0.3) is 0 Å².